The van der Waals surface area contributed by atoms with Crippen molar-refractivity contribution >= 4 is 28.5 Å². The molecule has 4 aromatic rings. The van der Waals surface area contributed by atoms with E-state index in [0.29, 0.717) is 16.8 Å². The maximum absolute atomic E-state index is 13.7. The van der Waals surface area contributed by atoms with Crippen molar-refractivity contribution in [2.24, 2.45) is 7.05 Å². The van der Waals surface area contributed by atoms with Crippen LogP contribution in [0.5, 0.6) is 0 Å². The lowest BCUT2D eigenvalue weighted by molar-refractivity contribution is -0.138. The molecular weight excluding hydrogens is 397 g/mol. The molecule has 3 heterocycles. The minimum atomic E-state index is -4.61. The number of para-hydroxylation sites is 2. The highest BCUT2D eigenvalue weighted by Crippen LogP contribution is 2.42. The van der Waals surface area contributed by atoms with Crippen molar-refractivity contribution < 1.29 is 18.0 Å². The number of aromatic nitrogens is 3. The lowest BCUT2D eigenvalue weighted by Gasteiger charge is -2.28. The summed E-state index contributed by atoms with van der Waals surface area (Å²) in [6.45, 7) is 0. The van der Waals surface area contributed by atoms with Crippen LogP contribution in [0.3, 0.4) is 0 Å². The van der Waals surface area contributed by atoms with E-state index in [4.69, 9.17) is 0 Å². The summed E-state index contributed by atoms with van der Waals surface area (Å²) in [5.74, 6) is -1.03. The minimum absolute atomic E-state index is 0.0954. The molecule has 1 aliphatic heterocycles. The zero-order valence-electron chi connectivity index (χ0n) is 15.7. The Morgan fingerprint density at radius 3 is 2.53 bits per heavy atom. The van der Waals surface area contributed by atoms with Crippen molar-refractivity contribution in [2.45, 2.75) is 18.5 Å². The first kappa shape index (κ1) is 18.4. The Morgan fingerprint density at radius 1 is 1.07 bits per heavy atom. The molecule has 1 amide bonds. The number of fused-ring (bicyclic) bond motifs is 5. The Balaban J connectivity index is 1.90. The maximum atomic E-state index is 13.7. The standard InChI is InChI=1S/C21H15F3N4O2/c1-27-19(30)17-12(11-6-2-3-7-13(11)21(22,23)24)10-16(29)26-18(17)28-15-9-5-4-8-14(15)25-20(27)28/h2-9,12H,10H2,1H3,(H,26,29). The molecule has 1 aliphatic rings. The van der Waals surface area contributed by atoms with Gasteiger partial charge in [0.15, 0.2) is 0 Å². The summed E-state index contributed by atoms with van der Waals surface area (Å²) in [5.41, 5.74) is -0.0770. The second kappa shape index (κ2) is 6.19. The van der Waals surface area contributed by atoms with Crippen LogP contribution in [0.4, 0.5) is 19.0 Å². The highest BCUT2D eigenvalue weighted by molar-refractivity contribution is 5.96. The second-order valence-electron chi connectivity index (χ2n) is 7.25. The average molecular weight is 412 g/mol. The molecule has 0 saturated heterocycles. The molecule has 1 N–H and O–H groups in total. The molecule has 6 nitrogen and oxygen atoms in total. The van der Waals surface area contributed by atoms with E-state index in [0.717, 1.165) is 6.07 Å². The van der Waals surface area contributed by atoms with Crippen LogP contribution in [0.1, 0.15) is 29.0 Å². The van der Waals surface area contributed by atoms with Crippen LogP contribution in [0.15, 0.2) is 53.3 Å². The largest absolute Gasteiger partial charge is 0.416 e. The van der Waals surface area contributed by atoms with Crippen molar-refractivity contribution in [2.75, 3.05) is 5.32 Å². The van der Waals surface area contributed by atoms with Crippen molar-refractivity contribution in [1.82, 2.24) is 14.0 Å². The molecule has 0 saturated carbocycles. The third-order valence-electron chi connectivity index (χ3n) is 5.49. The number of benzene rings is 2. The molecule has 0 bridgehead atoms. The topological polar surface area (TPSA) is 68.4 Å². The normalized spacial score (nSPS) is 16.7. The van der Waals surface area contributed by atoms with Gasteiger partial charge in [-0.15, -0.1) is 0 Å². The molecule has 0 fully saturated rings. The van der Waals surface area contributed by atoms with E-state index >= 15 is 0 Å². The highest BCUT2D eigenvalue weighted by Gasteiger charge is 2.39. The van der Waals surface area contributed by atoms with Crippen LogP contribution in [-0.2, 0) is 18.0 Å². The number of nitrogens with one attached hydrogen (secondary N) is 1. The quantitative estimate of drug-likeness (QED) is 0.519. The van der Waals surface area contributed by atoms with Gasteiger partial charge in [0.2, 0.25) is 11.7 Å². The van der Waals surface area contributed by atoms with E-state index in [1.807, 2.05) is 0 Å². The third kappa shape index (κ3) is 2.54. The van der Waals surface area contributed by atoms with E-state index < -0.39 is 29.1 Å². The van der Waals surface area contributed by atoms with Gasteiger partial charge in [0.05, 0.1) is 22.2 Å². The summed E-state index contributed by atoms with van der Waals surface area (Å²) in [6.07, 6.45) is -4.87. The Bertz CT molecular complexity index is 1400. The molecule has 2 aromatic carbocycles. The number of amides is 1. The molecule has 0 radical (unpaired) electrons. The van der Waals surface area contributed by atoms with Crippen molar-refractivity contribution in [3.63, 3.8) is 0 Å². The van der Waals surface area contributed by atoms with Gasteiger partial charge in [0, 0.05) is 19.4 Å². The summed E-state index contributed by atoms with van der Waals surface area (Å²) in [6, 6.07) is 12.2. The Morgan fingerprint density at radius 2 is 1.77 bits per heavy atom. The van der Waals surface area contributed by atoms with Gasteiger partial charge < -0.3 is 5.32 Å². The van der Waals surface area contributed by atoms with E-state index in [1.165, 1.54) is 29.8 Å². The molecule has 5 rings (SSSR count). The molecule has 2 aromatic heterocycles. The van der Waals surface area contributed by atoms with Gasteiger partial charge in [-0.3, -0.25) is 18.6 Å². The van der Waals surface area contributed by atoms with Gasteiger partial charge >= 0.3 is 6.18 Å². The fraction of sp³-hybridized carbons (Fsp3) is 0.190. The number of carbonyl (C=O) groups is 1. The van der Waals surface area contributed by atoms with Crippen molar-refractivity contribution in [3.8, 4) is 0 Å². The van der Waals surface area contributed by atoms with Crippen molar-refractivity contribution in [3.05, 3.63) is 75.6 Å². The fourth-order valence-electron chi connectivity index (χ4n) is 4.18. The molecule has 152 valence electrons. The van der Waals surface area contributed by atoms with Crippen LogP contribution in [0.25, 0.3) is 16.8 Å². The fourth-order valence-corrected chi connectivity index (χ4v) is 4.18. The second-order valence-corrected chi connectivity index (χ2v) is 7.25. The molecular formula is C21H15F3N4O2. The Kier molecular flexibility index (Phi) is 3.80. The van der Waals surface area contributed by atoms with Gasteiger partial charge in [-0.25, -0.2) is 4.98 Å². The highest BCUT2D eigenvalue weighted by atomic mass is 19.4. The van der Waals surface area contributed by atoms with Crippen molar-refractivity contribution in [1.29, 1.82) is 0 Å². The van der Waals surface area contributed by atoms with Crippen LogP contribution in [0, 0.1) is 0 Å². The van der Waals surface area contributed by atoms with Crippen LogP contribution in [-0.4, -0.2) is 19.9 Å². The monoisotopic (exact) mass is 412 g/mol. The molecule has 30 heavy (non-hydrogen) atoms. The SMILES string of the molecule is Cn1c(=O)c2c(n3c4ccccc4nc13)NC(=O)CC2c1ccccc1C(F)(F)F. The number of halogens is 3. The van der Waals surface area contributed by atoms with E-state index in [1.54, 1.807) is 28.7 Å². The summed E-state index contributed by atoms with van der Waals surface area (Å²) in [4.78, 5) is 30.2. The number of alkyl halides is 3. The smallest absolute Gasteiger partial charge is 0.311 e. The lowest BCUT2D eigenvalue weighted by atomic mass is 9.84. The molecule has 0 aliphatic carbocycles. The minimum Gasteiger partial charge on any atom is -0.311 e. The summed E-state index contributed by atoms with van der Waals surface area (Å²) < 4.78 is 43.9. The summed E-state index contributed by atoms with van der Waals surface area (Å²) in [7, 11) is 1.52. The number of hydrogen-bond acceptors (Lipinski definition) is 3. The zero-order valence-corrected chi connectivity index (χ0v) is 15.7. The number of hydrogen-bond donors (Lipinski definition) is 1. The van der Waals surface area contributed by atoms with E-state index in [-0.39, 0.29) is 23.4 Å². The average Bonchev–Trinajstić information content (AvgIpc) is 3.10. The Labute approximate surface area is 167 Å². The van der Waals surface area contributed by atoms with E-state index in [2.05, 4.69) is 10.3 Å². The van der Waals surface area contributed by atoms with Gasteiger partial charge in [-0.1, -0.05) is 30.3 Å². The lowest BCUT2D eigenvalue weighted by Crippen LogP contribution is -2.35. The van der Waals surface area contributed by atoms with Gasteiger partial charge in [-0.05, 0) is 23.8 Å². The van der Waals surface area contributed by atoms with Gasteiger partial charge in [0.1, 0.15) is 5.82 Å². The van der Waals surface area contributed by atoms with E-state index in [9.17, 15) is 22.8 Å². The third-order valence-corrected chi connectivity index (χ3v) is 5.49. The number of aryl methyl sites for hydroxylation is 1. The molecule has 9 heteroatoms. The van der Waals surface area contributed by atoms with Gasteiger partial charge in [0.25, 0.3) is 5.56 Å². The first-order valence-electron chi connectivity index (χ1n) is 9.23. The van der Waals surface area contributed by atoms with Crippen LogP contribution < -0.4 is 10.9 Å². The molecule has 0 spiro atoms. The number of nitrogens with zero attached hydrogens (tertiary/aromatic N) is 3. The van der Waals surface area contributed by atoms with Crippen LogP contribution in [0.2, 0.25) is 0 Å². The van der Waals surface area contributed by atoms with Crippen LogP contribution >= 0.6 is 0 Å². The maximum Gasteiger partial charge on any atom is 0.416 e. The number of anilines is 1. The van der Waals surface area contributed by atoms with Gasteiger partial charge in [-0.2, -0.15) is 13.2 Å². The first-order chi connectivity index (χ1) is 14.3. The summed E-state index contributed by atoms with van der Waals surface area (Å²) in [5, 5.41) is 2.70. The zero-order chi connectivity index (χ0) is 21.2. The molecule has 1 unspecified atom stereocenters. The predicted octanol–water partition coefficient (Wildman–Crippen LogP) is 3.68. The number of carbonyl (C=O) groups excluding carboxylic acids is 1. The summed E-state index contributed by atoms with van der Waals surface area (Å²) >= 11 is 0. The number of imidazole rings is 1. The predicted molar refractivity (Wildman–Crippen MR) is 104 cm³/mol. The first-order valence-corrected chi connectivity index (χ1v) is 9.23. The number of rotatable bonds is 1. The molecule has 1 atom stereocenters. The Hall–Kier alpha value is -3.62.